The van der Waals surface area contributed by atoms with Crippen molar-refractivity contribution in [3.05, 3.63) is 81.9 Å². The number of aromatic nitrogens is 1. The van der Waals surface area contributed by atoms with E-state index in [1.807, 2.05) is 36.5 Å². The van der Waals surface area contributed by atoms with E-state index in [1.54, 1.807) is 0 Å². The van der Waals surface area contributed by atoms with Crippen molar-refractivity contribution in [1.29, 1.82) is 0 Å². The van der Waals surface area contributed by atoms with E-state index in [9.17, 15) is 4.79 Å². The van der Waals surface area contributed by atoms with Crippen molar-refractivity contribution >= 4 is 22.4 Å². The Morgan fingerprint density at radius 2 is 1.84 bits per heavy atom. The van der Waals surface area contributed by atoms with Crippen LogP contribution in [0, 0.1) is 0 Å². The zero-order chi connectivity index (χ0) is 17.1. The molecular weight excluding hydrogens is 328 g/mol. The first-order chi connectivity index (χ1) is 12.3. The smallest absolute Gasteiger partial charge is 0.257 e. The molecule has 4 heteroatoms. The summed E-state index contributed by atoms with van der Waals surface area (Å²) in [5.74, 6) is -0.0750. The molecule has 3 aromatic rings. The highest BCUT2D eigenvalue weighted by Gasteiger charge is 2.14. The average Bonchev–Trinajstić information content (AvgIpc) is 3.09. The SMILES string of the molecule is O=C(Nc1ncc(Cc2ccccc2)s1)c1ccc2c(c1)CCCC2. The maximum atomic E-state index is 12.5. The molecule has 0 atom stereocenters. The van der Waals surface area contributed by atoms with Gasteiger partial charge in [-0.1, -0.05) is 36.4 Å². The fraction of sp³-hybridized carbons (Fsp3) is 0.238. The fourth-order valence-electron chi connectivity index (χ4n) is 3.29. The number of aryl methyl sites for hydroxylation is 2. The van der Waals surface area contributed by atoms with Gasteiger partial charge in [0.05, 0.1) is 0 Å². The van der Waals surface area contributed by atoms with Crippen molar-refractivity contribution in [3.63, 3.8) is 0 Å². The monoisotopic (exact) mass is 348 g/mol. The van der Waals surface area contributed by atoms with E-state index >= 15 is 0 Å². The molecule has 0 aliphatic heterocycles. The van der Waals surface area contributed by atoms with E-state index in [-0.39, 0.29) is 5.91 Å². The summed E-state index contributed by atoms with van der Waals surface area (Å²) in [6.07, 6.45) is 7.37. The summed E-state index contributed by atoms with van der Waals surface area (Å²) in [6, 6.07) is 16.4. The molecule has 126 valence electrons. The van der Waals surface area contributed by atoms with Crippen LogP contribution in [-0.4, -0.2) is 10.9 Å². The van der Waals surface area contributed by atoms with Crippen LogP contribution in [0.25, 0.3) is 0 Å². The van der Waals surface area contributed by atoms with Gasteiger partial charge in [0.1, 0.15) is 0 Å². The number of rotatable bonds is 4. The first kappa shape index (κ1) is 16.0. The number of nitrogens with one attached hydrogen (secondary N) is 1. The van der Waals surface area contributed by atoms with Crippen molar-refractivity contribution in [1.82, 2.24) is 4.98 Å². The van der Waals surface area contributed by atoms with Crippen LogP contribution in [-0.2, 0) is 19.3 Å². The number of carbonyl (C=O) groups is 1. The Morgan fingerprint density at radius 3 is 2.68 bits per heavy atom. The predicted molar refractivity (Wildman–Crippen MR) is 102 cm³/mol. The van der Waals surface area contributed by atoms with Gasteiger partial charge in [0.15, 0.2) is 5.13 Å². The molecule has 1 aliphatic rings. The largest absolute Gasteiger partial charge is 0.298 e. The number of carbonyl (C=O) groups excluding carboxylic acids is 1. The van der Waals surface area contributed by atoms with E-state index in [0.29, 0.717) is 5.13 Å². The number of fused-ring (bicyclic) bond motifs is 1. The second kappa shape index (κ2) is 7.19. The van der Waals surface area contributed by atoms with E-state index in [2.05, 4.69) is 28.5 Å². The number of thiazole rings is 1. The average molecular weight is 348 g/mol. The highest BCUT2D eigenvalue weighted by molar-refractivity contribution is 7.15. The van der Waals surface area contributed by atoms with Crippen LogP contribution >= 0.6 is 11.3 Å². The predicted octanol–water partition coefficient (Wildman–Crippen LogP) is 4.87. The molecule has 0 bridgehead atoms. The van der Waals surface area contributed by atoms with Gasteiger partial charge in [-0.25, -0.2) is 4.98 Å². The zero-order valence-electron chi connectivity index (χ0n) is 14.0. The highest BCUT2D eigenvalue weighted by atomic mass is 32.1. The number of benzene rings is 2. The second-order valence-electron chi connectivity index (χ2n) is 6.44. The molecule has 1 N–H and O–H groups in total. The van der Waals surface area contributed by atoms with Gasteiger partial charge in [0.25, 0.3) is 5.91 Å². The number of hydrogen-bond acceptors (Lipinski definition) is 3. The summed E-state index contributed by atoms with van der Waals surface area (Å²) >= 11 is 1.54. The Kier molecular flexibility index (Phi) is 4.61. The van der Waals surface area contributed by atoms with E-state index in [4.69, 9.17) is 0 Å². The van der Waals surface area contributed by atoms with E-state index in [0.717, 1.165) is 29.7 Å². The molecular formula is C21H20N2OS. The summed E-state index contributed by atoms with van der Waals surface area (Å²) < 4.78 is 0. The molecule has 1 aliphatic carbocycles. The summed E-state index contributed by atoms with van der Waals surface area (Å²) in [4.78, 5) is 18.0. The first-order valence-corrected chi connectivity index (χ1v) is 9.51. The molecule has 2 aromatic carbocycles. The molecule has 1 aromatic heterocycles. The first-order valence-electron chi connectivity index (χ1n) is 8.70. The molecule has 0 unspecified atom stereocenters. The van der Waals surface area contributed by atoms with Crippen LogP contribution in [0.4, 0.5) is 5.13 Å². The molecule has 0 fully saturated rings. The van der Waals surface area contributed by atoms with Gasteiger partial charge in [-0.3, -0.25) is 10.1 Å². The summed E-state index contributed by atoms with van der Waals surface area (Å²) in [5, 5.41) is 3.60. The molecule has 0 saturated carbocycles. The van der Waals surface area contributed by atoms with Crippen molar-refractivity contribution in [2.75, 3.05) is 5.32 Å². The van der Waals surface area contributed by atoms with Crippen LogP contribution in [0.3, 0.4) is 0 Å². The van der Waals surface area contributed by atoms with Gasteiger partial charge < -0.3 is 0 Å². The number of hydrogen-bond donors (Lipinski definition) is 1. The molecule has 25 heavy (non-hydrogen) atoms. The summed E-state index contributed by atoms with van der Waals surface area (Å²) in [6.45, 7) is 0. The number of nitrogens with zero attached hydrogens (tertiary/aromatic N) is 1. The molecule has 3 nitrogen and oxygen atoms in total. The lowest BCUT2D eigenvalue weighted by molar-refractivity contribution is 0.102. The maximum absolute atomic E-state index is 12.5. The van der Waals surface area contributed by atoms with E-state index < -0.39 is 0 Å². The van der Waals surface area contributed by atoms with Crippen molar-refractivity contribution in [2.24, 2.45) is 0 Å². The van der Waals surface area contributed by atoms with Gasteiger partial charge in [-0.15, -0.1) is 11.3 Å². The molecule has 0 radical (unpaired) electrons. The Bertz CT molecular complexity index is 886. The van der Waals surface area contributed by atoms with Crippen molar-refractivity contribution in [3.8, 4) is 0 Å². The Morgan fingerprint density at radius 1 is 1.04 bits per heavy atom. The quantitative estimate of drug-likeness (QED) is 0.731. The molecule has 0 saturated heterocycles. The standard InChI is InChI=1S/C21H20N2OS/c24-20(18-11-10-16-8-4-5-9-17(16)13-18)23-21-22-14-19(25-21)12-15-6-2-1-3-7-15/h1-3,6-7,10-11,13-14H,4-5,8-9,12H2,(H,22,23,24). The molecule has 0 spiro atoms. The van der Waals surface area contributed by atoms with Gasteiger partial charge in [0.2, 0.25) is 0 Å². The van der Waals surface area contributed by atoms with E-state index in [1.165, 1.54) is 40.9 Å². The normalized spacial score (nSPS) is 13.3. The second-order valence-corrected chi connectivity index (χ2v) is 7.55. The van der Waals surface area contributed by atoms with Crippen LogP contribution in [0.5, 0.6) is 0 Å². The summed E-state index contributed by atoms with van der Waals surface area (Å²) in [7, 11) is 0. The third-order valence-electron chi connectivity index (χ3n) is 4.61. The molecule has 4 rings (SSSR count). The maximum Gasteiger partial charge on any atom is 0.257 e. The third kappa shape index (κ3) is 3.80. The van der Waals surface area contributed by atoms with Crippen LogP contribution in [0.2, 0.25) is 0 Å². The van der Waals surface area contributed by atoms with Crippen LogP contribution in [0.15, 0.2) is 54.7 Å². The molecule has 1 amide bonds. The topological polar surface area (TPSA) is 42.0 Å². The minimum absolute atomic E-state index is 0.0750. The van der Waals surface area contributed by atoms with Gasteiger partial charge >= 0.3 is 0 Å². The lowest BCUT2D eigenvalue weighted by Gasteiger charge is -2.16. The van der Waals surface area contributed by atoms with Crippen molar-refractivity contribution < 1.29 is 4.79 Å². The fourth-order valence-corrected chi connectivity index (χ4v) is 4.13. The van der Waals surface area contributed by atoms with Crippen LogP contribution < -0.4 is 5.32 Å². The highest BCUT2D eigenvalue weighted by Crippen LogP contribution is 2.24. The number of anilines is 1. The molecule has 1 heterocycles. The third-order valence-corrected chi connectivity index (χ3v) is 5.52. The van der Waals surface area contributed by atoms with Gasteiger partial charge in [-0.2, -0.15) is 0 Å². The number of amides is 1. The Hall–Kier alpha value is -2.46. The minimum Gasteiger partial charge on any atom is -0.298 e. The lowest BCUT2D eigenvalue weighted by Crippen LogP contribution is -2.13. The Labute approximate surface area is 151 Å². The Balaban J connectivity index is 1.44. The zero-order valence-corrected chi connectivity index (χ0v) is 14.8. The van der Waals surface area contributed by atoms with Gasteiger partial charge in [0, 0.05) is 23.1 Å². The summed E-state index contributed by atoms with van der Waals surface area (Å²) in [5.41, 5.74) is 4.68. The van der Waals surface area contributed by atoms with Crippen molar-refractivity contribution in [2.45, 2.75) is 32.1 Å². The minimum atomic E-state index is -0.0750. The van der Waals surface area contributed by atoms with Crippen LogP contribution in [0.1, 0.15) is 44.8 Å². The lowest BCUT2D eigenvalue weighted by atomic mass is 9.90. The van der Waals surface area contributed by atoms with Gasteiger partial charge in [-0.05, 0) is 54.5 Å².